The topological polar surface area (TPSA) is 3.24 Å². The lowest BCUT2D eigenvalue weighted by molar-refractivity contribution is 1.29. The molecule has 0 aliphatic heterocycles. The van der Waals surface area contributed by atoms with Crippen molar-refractivity contribution in [2.75, 3.05) is 4.90 Å². The molecule has 0 atom stereocenters. The Morgan fingerprint density at radius 2 is 0.828 bits per heavy atom. The number of anilines is 3. The van der Waals surface area contributed by atoms with Gasteiger partial charge in [0.2, 0.25) is 0 Å². The first kappa shape index (κ1) is 34.0. The zero-order valence-corrected chi connectivity index (χ0v) is 32.5. The van der Waals surface area contributed by atoms with Crippen LogP contribution in [0, 0.1) is 0 Å². The van der Waals surface area contributed by atoms with Crippen molar-refractivity contribution in [1.82, 2.24) is 0 Å². The molecule has 0 radical (unpaired) electrons. The summed E-state index contributed by atoms with van der Waals surface area (Å²) in [5.74, 6) is 0. The molecule has 2 heteroatoms. The van der Waals surface area contributed by atoms with Gasteiger partial charge in [-0.05, 0) is 97.4 Å². The maximum atomic E-state index is 2.48. The standard InChI is InChI=1S/C56H37NS/c1-4-15-38(16-5-1)44-36-52(39-17-6-2-7-18-39)55(53(37-44)40-19-8-3-9-20-40)57(46-33-34-48-43(35-46)28-27-41-21-10-11-22-47(41)48)45-31-29-42(30-32-45)49-24-14-25-51-50-23-12-13-26-54(50)58-56(49)51/h1-37H. The number of fused-ring (bicyclic) bond motifs is 6. The third-order valence-electron chi connectivity index (χ3n) is 11.4. The quantitative estimate of drug-likeness (QED) is 0.146. The summed E-state index contributed by atoms with van der Waals surface area (Å²) in [5.41, 5.74) is 12.8. The second kappa shape index (κ2) is 14.4. The number of nitrogens with zero attached hydrogens (tertiary/aromatic N) is 1. The van der Waals surface area contributed by atoms with E-state index in [2.05, 4.69) is 229 Å². The first-order valence-electron chi connectivity index (χ1n) is 19.8. The van der Waals surface area contributed by atoms with Crippen molar-refractivity contribution in [3.8, 4) is 44.5 Å². The van der Waals surface area contributed by atoms with Gasteiger partial charge in [-0.3, -0.25) is 0 Å². The van der Waals surface area contributed by atoms with E-state index in [1.54, 1.807) is 0 Å². The number of rotatable bonds is 7. The normalized spacial score (nSPS) is 11.4. The summed E-state index contributed by atoms with van der Waals surface area (Å²) >= 11 is 1.88. The van der Waals surface area contributed by atoms with E-state index in [-0.39, 0.29) is 0 Å². The molecule has 272 valence electrons. The summed E-state index contributed by atoms with van der Waals surface area (Å²) in [4.78, 5) is 2.48. The van der Waals surface area contributed by atoms with Gasteiger partial charge in [0.05, 0.1) is 5.69 Å². The van der Waals surface area contributed by atoms with E-state index in [1.807, 2.05) is 11.3 Å². The van der Waals surface area contributed by atoms with Crippen LogP contribution in [0.4, 0.5) is 17.1 Å². The first-order valence-corrected chi connectivity index (χ1v) is 20.7. The van der Waals surface area contributed by atoms with Crippen LogP contribution in [-0.2, 0) is 0 Å². The predicted molar refractivity (Wildman–Crippen MR) is 251 cm³/mol. The molecule has 1 heterocycles. The Hall–Kier alpha value is -7.26. The first-order chi connectivity index (χ1) is 28.8. The fraction of sp³-hybridized carbons (Fsp3) is 0. The van der Waals surface area contributed by atoms with Crippen molar-refractivity contribution in [2.24, 2.45) is 0 Å². The monoisotopic (exact) mass is 755 g/mol. The zero-order valence-electron chi connectivity index (χ0n) is 31.7. The highest BCUT2D eigenvalue weighted by Gasteiger charge is 2.24. The molecule has 0 bridgehead atoms. The number of hydrogen-bond acceptors (Lipinski definition) is 2. The van der Waals surface area contributed by atoms with Gasteiger partial charge in [0, 0.05) is 42.7 Å². The molecular formula is C56H37NS. The van der Waals surface area contributed by atoms with Crippen LogP contribution in [0.15, 0.2) is 224 Å². The van der Waals surface area contributed by atoms with Crippen LogP contribution in [0.25, 0.3) is 86.2 Å². The summed E-state index contributed by atoms with van der Waals surface area (Å²) in [6.45, 7) is 0. The Balaban J connectivity index is 1.18. The molecule has 0 aliphatic rings. The van der Waals surface area contributed by atoms with Crippen LogP contribution < -0.4 is 4.90 Å². The minimum absolute atomic E-state index is 1.09. The largest absolute Gasteiger partial charge is 0.309 e. The zero-order chi connectivity index (χ0) is 38.4. The van der Waals surface area contributed by atoms with E-state index in [1.165, 1.54) is 75.1 Å². The lowest BCUT2D eigenvalue weighted by Gasteiger charge is -2.31. The van der Waals surface area contributed by atoms with E-state index in [4.69, 9.17) is 0 Å². The maximum absolute atomic E-state index is 2.48. The van der Waals surface area contributed by atoms with Crippen molar-refractivity contribution < 1.29 is 0 Å². The Morgan fingerprint density at radius 1 is 0.293 bits per heavy atom. The minimum atomic E-state index is 1.09. The van der Waals surface area contributed by atoms with Crippen LogP contribution in [0.5, 0.6) is 0 Å². The van der Waals surface area contributed by atoms with Gasteiger partial charge in [0.1, 0.15) is 0 Å². The summed E-state index contributed by atoms with van der Waals surface area (Å²) in [5, 5.41) is 7.60. The van der Waals surface area contributed by atoms with Crippen molar-refractivity contribution in [3.63, 3.8) is 0 Å². The Labute approximate surface area is 342 Å². The van der Waals surface area contributed by atoms with Gasteiger partial charge in [-0.1, -0.05) is 182 Å². The van der Waals surface area contributed by atoms with E-state index in [9.17, 15) is 0 Å². The molecule has 1 nitrogen and oxygen atoms in total. The van der Waals surface area contributed by atoms with Crippen molar-refractivity contribution in [3.05, 3.63) is 224 Å². The van der Waals surface area contributed by atoms with Gasteiger partial charge in [0.25, 0.3) is 0 Å². The van der Waals surface area contributed by atoms with E-state index in [0.29, 0.717) is 0 Å². The van der Waals surface area contributed by atoms with Gasteiger partial charge in [0.15, 0.2) is 0 Å². The second-order valence-electron chi connectivity index (χ2n) is 14.9. The highest BCUT2D eigenvalue weighted by atomic mass is 32.1. The molecule has 0 unspecified atom stereocenters. The summed E-state index contributed by atoms with van der Waals surface area (Å²) in [6, 6.07) is 82.1. The van der Waals surface area contributed by atoms with Crippen LogP contribution >= 0.6 is 11.3 Å². The molecule has 10 aromatic carbocycles. The van der Waals surface area contributed by atoms with Crippen molar-refractivity contribution in [2.45, 2.75) is 0 Å². The lowest BCUT2D eigenvalue weighted by atomic mass is 9.89. The van der Waals surface area contributed by atoms with Crippen molar-refractivity contribution >= 4 is 70.1 Å². The number of benzene rings is 10. The average molecular weight is 756 g/mol. The van der Waals surface area contributed by atoms with Gasteiger partial charge in [-0.2, -0.15) is 0 Å². The molecule has 0 spiro atoms. The van der Waals surface area contributed by atoms with Gasteiger partial charge in [-0.15, -0.1) is 11.3 Å². The molecule has 0 aliphatic carbocycles. The Bertz CT molecular complexity index is 3200. The number of hydrogen-bond donors (Lipinski definition) is 0. The molecule has 1 aromatic heterocycles. The fourth-order valence-corrected chi connectivity index (χ4v) is 9.90. The summed E-state index contributed by atoms with van der Waals surface area (Å²) in [7, 11) is 0. The molecule has 58 heavy (non-hydrogen) atoms. The molecule has 0 fully saturated rings. The van der Waals surface area contributed by atoms with Gasteiger partial charge < -0.3 is 4.90 Å². The fourth-order valence-electron chi connectivity index (χ4n) is 8.66. The molecule has 0 N–H and O–H groups in total. The third-order valence-corrected chi connectivity index (χ3v) is 12.7. The third kappa shape index (κ3) is 5.94. The van der Waals surface area contributed by atoms with Crippen LogP contribution in [-0.4, -0.2) is 0 Å². The molecule has 0 amide bonds. The van der Waals surface area contributed by atoms with Crippen LogP contribution in [0.3, 0.4) is 0 Å². The van der Waals surface area contributed by atoms with Crippen molar-refractivity contribution in [1.29, 1.82) is 0 Å². The maximum Gasteiger partial charge on any atom is 0.0618 e. The molecule has 11 rings (SSSR count). The average Bonchev–Trinajstić information content (AvgIpc) is 3.69. The highest BCUT2D eigenvalue weighted by molar-refractivity contribution is 7.26. The van der Waals surface area contributed by atoms with Crippen LogP contribution in [0.2, 0.25) is 0 Å². The molecule has 11 aromatic rings. The Morgan fingerprint density at radius 3 is 1.53 bits per heavy atom. The van der Waals surface area contributed by atoms with E-state index in [0.717, 1.165) is 28.2 Å². The molecule has 0 saturated carbocycles. The van der Waals surface area contributed by atoms with Gasteiger partial charge >= 0.3 is 0 Å². The van der Waals surface area contributed by atoms with Crippen LogP contribution in [0.1, 0.15) is 0 Å². The van der Waals surface area contributed by atoms with Gasteiger partial charge in [-0.25, -0.2) is 0 Å². The number of thiophene rings is 1. The second-order valence-corrected chi connectivity index (χ2v) is 15.9. The highest BCUT2D eigenvalue weighted by Crippen LogP contribution is 2.50. The molecule has 0 saturated heterocycles. The summed E-state index contributed by atoms with van der Waals surface area (Å²) < 4.78 is 2.64. The van der Waals surface area contributed by atoms with E-state index < -0.39 is 0 Å². The summed E-state index contributed by atoms with van der Waals surface area (Å²) in [6.07, 6.45) is 0. The lowest BCUT2D eigenvalue weighted by Crippen LogP contribution is -2.13. The molecular weight excluding hydrogens is 719 g/mol. The SMILES string of the molecule is c1ccc(-c2cc(-c3ccccc3)c(N(c3ccc(-c4cccc5c4sc4ccccc45)cc3)c3ccc4c(ccc5ccccc54)c3)c(-c3ccccc3)c2)cc1. The predicted octanol–water partition coefficient (Wildman–Crippen LogP) is 16.5. The Kier molecular flexibility index (Phi) is 8.42. The minimum Gasteiger partial charge on any atom is -0.309 e. The smallest absolute Gasteiger partial charge is 0.0618 e. The van der Waals surface area contributed by atoms with E-state index >= 15 is 0 Å².